The summed E-state index contributed by atoms with van der Waals surface area (Å²) in [5.41, 5.74) is 1.12. The van der Waals surface area contributed by atoms with Gasteiger partial charge in [0.15, 0.2) is 0 Å². The summed E-state index contributed by atoms with van der Waals surface area (Å²) in [5.74, 6) is 0.922. The number of hydrogen-bond acceptors (Lipinski definition) is 1. The second-order valence-corrected chi connectivity index (χ2v) is 6.91. The molecule has 2 aliphatic carbocycles. The molecule has 0 bridgehead atoms. The lowest BCUT2D eigenvalue weighted by Gasteiger charge is -2.55. The molecule has 0 spiro atoms. The third-order valence-corrected chi connectivity index (χ3v) is 5.23. The molecule has 0 aromatic rings. The lowest BCUT2D eigenvalue weighted by atomic mass is 9.51. The maximum atomic E-state index is 5.87. The highest BCUT2D eigenvalue weighted by Crippen LogP contribution is 2.57. The van der Waals surface area contributed by atoms with Crippen LogP contribution in [0.1, 0.15) is 80.1 Å². The maximum absolute atomic E-state index is 5.87. The second kappa shape index (κ2) is 6.41. The van der Waals surface area contributed by atoms with Crippen LogP contribution in [0.15, 0.2) is 0 Å². The van der Waals surface area contributed by atoms with Crippen molar-refractivity contribution in [2.75, 3.05) is 6.61 Å². The topological polar surface area (TPSA) is 9.23 Å². The Morgan fingerprint density at radius 2 is 1.72 bits per heavy atom. The van der Waals surface area contributed by atoms with E-state index in [-0.39, 0.29) is 0 Å². The van der Waals surface area contributed by atoms with Gasteiger partial charge in [-0.1, -0.05) is 41.0 Å². The van der Waals surface area contributed by atoms with Gasteiger partial charge in [-0.15, -0.1) is 0 Å². The lowest BCUT2D eigenvalue weighted by Crippen LogP contribution is -2.47. The van der Waals surface area contributed by atoms with Crippen molar-refractivity contribution >= 4 is 0 Å². The first-order chi connectivity index (χ1) is 8.48. The number of rotatable bonds is 2. The summed E-state index contributed by atoms with van der Waals surface area (Å²) >= 11 is 0. The Hall–Kier alpha value is -0.0400. The number of hydrogen-bond donors (Lipinski definition) is 0. The van der Waals surface area contributed by atoms with Crippen molar-refractivity contribution in [1.29, 1.82) is 0 Å². The minimum Gasteiger partial charge on any atom is -0.378 e. The Morgan fingerprint density at radius 1 is 1.06 bits per heavy atom. The minimum absolute atomic E-state index is 0.542. The monoisotopic (exact) mass is 254 g/mol. The second-order valence-electron chi connectivity index (χ2n) is 6.91. The predicted octanol–water partition coefficient (Wildman–Crippen LogP) is 5.43. The summed E-state index contributed by atoms with van der Waals surface area (Å²) in [7, 11) is 0. The quantitative estimate of drug-likeness (QED) is 0.638. The first-order valence-corrected chi connectivity index (χ1v) is 8.09. The zero-order chi connectivity index (χ0) is 13.8. The van der Waals surface area contributed by atoms with Crippen molar-refractivity contribution in [3.05, 3.63) is 0 Å². The van der Waals surface area contributed by atoms with E-state index in [2.05, 4.69) is 27.7 Å². The highest BCUT2D eigenvalue weighted by molar-refractivity contribution is 4.99. The molecule has 2 fully saturated rings. The van der Waals surface area contributed by atoms with Crippen molar-refractivity contribution < 1.29 is 4.74 Å². The number of ether oxygens (including phenoxy) is 1. The summed E-state index contributed by atoms with van der Waals surface area (Å²) in [6, 6.07) is 0. The van der Waals surface area contributed by atoms with Gasteiger partial charge in [-0.2, -0.15) is 0 Å². The molecule has 1 nitrogen and oxygen atoms in total. The normalized spacial score (nSPS) is 38.3. The molecule has 0 amide bonds. The summed E-state index contributed by atoms with van der Waals surface area (Å²) in [4.78, 5) is 0. The maximum Gasteiger partial charge on any atom is 0.0580 e. The molecule has 3 atom stereocenters. The van der Waals surface area contributed by atoms with Crippen LogP contribution < -0.4 is 0 Å². The van der Waals surface area contributed by atoms with Crippen molar-refractivity contribution in [2.45, 2.75) is 86.2 Å². The fraction of sp³-hybridized carbons (Fsp3) is 1.00. The van der Waals surface area contributed by atoms with Crippen LogP contribution in [0.25, 0.3) is 0 Å². The van der Waals surface area contributed by atoms with Gasteiger partial charge in [-0.3, -0.25) is 0 Å². The fourth-order valence-electron chi connectivity index (χ4n) is 4.58. The van der Waals surface area contributed by atoms with E-state index in [1.165, 1.54) is 38.5 Å². The molecule has 1 heteroatoms. The van der Waals surface area contributed by atoms with Crippen LogP contribution in [0.2, 0.25) is 0 Å². The van der Waals surface area contributed by atoms with Gasteiger partial charge < -0.3 is 4.74 Å². The average Bonchev–Trinajstić information content (AvgIpc) is 2.30. The molecule has 2 rings (SSSR count). The van der Waals surface area contributed by atoms with Gasteiger partial charge >= 0.3 is 0 Å². The largest absolute Gasteiger partial charge is 0.378 e. The summed E-state index contributed by atoms with van der Waals surface area (Å²) in [6.45, 7) is 14.5. The van der Waals surface area contributed by atoms with Crippen LogP contribution in [0, 0.1) is 16.7 Å². The molecule has 18 heavy (non-hydrogen) atoms. The van der Waals surface area contributed by atoms with Crippen LogP contribution in [-0.2, 0) is 4.74 Å². The van der Waals surface area contributed by atoms with Gasteiger partial charge in [-0.05, 0) is 55.8 Å². The third kappa shape index (κ3) is 3.29. The SMILES string of the molecule is CC.CCOC1CCC2C(C)(C)CCCC2(C)C1. The highest BCUT2D eigenvalue weighted by atomic mass is 16.5. The summed E-state index contributed by atoms with van der Waals surface area (Å²) < 4.78 is 5.87. The standard InChI is InChI=1S/C15H28O.C2H6/c1-5-16-12-7-8-13-14(2,3)9-6-10-15(13,4)11-12;1-2/h12-13H,5-11H2,1-4H3;1-2H3. The Kier molecular flexibility index (Phi) is 5.70. The van der Waals surface area contributed by atoms with Crippen LogP contribution in [0.3, 0.4) is 0 Å². The molecule has 2 saturated carbocycles. The fourth-order valence-corrected chi connectivity index (χ4v) is 4.58. The predicted molar refractivity (Wildman–Crippen MR) is 79.8 cm³/mol. The molecule has 0 saturated heterocycles. The summed E-state index contributed by atoms with van der Waals surface area (Å²) in [5, 5.41) is 0. The van der Waals surface area contributed by atoms with E-state index in [1.807, 2.05) is 13.8 Å². The first kappa shape index (κ1) is 16.0. The Balaban J connectivity index is 0.000000771. The van der Waals surface area contributed by atoms with Gasteiger partial charge in [0.25, 0.3) is 0 Å². The molecule has 0 aliphatic heterocycles. The Bertz CT molecular complexity index is 246. The molecule has 108 valence electrons. The van der Waals surface area contributed by atoms with Gasteiger partial charge in [0.1, 0.15) is 0 Å². The van der Waals surface area contributed by atoms with E-state index >= 15 is 0 Å². The van der Waals surface area contributed by atoms with Gasteiger partial charge in [0.05, 0.1) is 6.10 Å². The zero-order valence-electron chi connectivity index (χ0n) is 13.5. The van der Waals surface area contributed by atoms with E-state index in [1.54, 1.807) is 0 Å². The van der Waals surface area contributed by atoms with Crippen molar-refractivity contribution in [1.82, 2.24) is 0 Å². The Morgan fingerprint density at radius 3 is 2.33 bits per heavy atom. The van der Waals surface area contributed by atoms with E-state index in [4.69, 9.17) is 4.74 Å². The van der Waals surface area contributed by atoms with E-state index < -0.39 is 0 Å². The van der Waals surface area contributed by atoms with Gasteiger partial charge in [-0.25, -0.2) is 0 Å². The lowest BCUT2D eigenvalue weighted by molar-refractivity contribution is -0.0921. The van der Waals surface area contributed by atoms with Crippen LogP contribution in [-0.4, -0.2) is 12.7 Å². The number of fused-ring (bicyclic) bond motifs is 1. The molecule has 0 N–H and O–H groups in total. The molecule has 0 heterocycles. The summed E-state index contributed by atoms with van der Waals surface area (Å²) in [6.07, 6.45) is 8.77. The average molecular weight is 254 g/mol. The molecule has 2 aliphatic rings. The molecule has 0 aromatic heterocycles. The molecular formula is C17H34O. The molecule has 3 unspecified atom stereocenters. The van der Waals surface area contributed by atoms with Gasteiger partial charge in [0.2, 0.25) is 0 Å². The smallest absolute Gasteiger partial charge is 0.0580 e. The van der Waals surface area contributed by atoms with E-state index in [0.29, 0.717) is 16.9 Å². The molecule has 0 radical (unpaired) electrons. The molecular weight excluding hydrogens is 220 g/mol. The zero-order valence-corrected chi connectivity index (χ0v) is 13.5. The van der Waals surface area contributed by atoms with Crippen LogP contribution in [0.4, 0.5) is 0 Å². The van der Waals surface area contributed by atoms with E-state index in [9.17, 15) is 0 Å². The van der Waals surface area contributed by atoms with E-state index in [0.717, 1.165) is 12.5 Å². The molecule has 0 aromatic carbocycles. The van der Waals surface area contributed by atoms with Crippen molar-refractivity contribution in [2.24, 2.45) is 16.7 Å². The third-order valence-electron chi connectivity index (χ3n) is 5.23. The van der Waals surface area contributed by atoms with Crippen LogP contribution in [0.5, 0.6) is 0 Å². The highest BCUT2D eigenvalue weighted by Gasteiger charge is 2.49. The Labute approximate surface area is 115 Å². The van der Waals surface area contributed by atoms with Gasteiger partial charge in [0, 0.05) is 6.61 Å². The van der Waals surface area contributed by atoms with Crippen molar-refractivity contribution in [3.63, 3.8) is 0 Å². The first-order valence-electron chi connectivity index (χ1n) is 8.09. The van der Waals surface area contributed by atoms with Crippen LogP contribution >= 0.6 is 0 Å². The van der Waals surface area contributed by atoms with Crippen molar-refractivity contribution in [3.8, 4) is 0 Å². The minimum atomic E-state index is 0.542.